The highest BCUT2D eigenvalue weighted by Crippen LogP contribution is 2.38. The molecule has 0 amide bonds. The second-order valence-electron chi connectivity index (χ2n) is 8.58. The molecule has 4 rings (SSSR count). The Bertz CT molecular complexity index is 1230. The molecule has 1 aliphatic rings. The quantitative estimate of drug-likeness (QED) is 0.340. The number of hydrogen-bond donors (Lipinski definition) is 0. The van der Waals surface area contributed by atoms with Crippen molar-refractivity contribution in [1.82, 2.24) is 0 Å². The smallest absolute Gasteiger partial charge is 0.402 e. The summed E-state index contributed by atoms with van der Waals surface area (Å²) in [6.07, 6.45) is -5.52. The van der Waals surface area contributed by atoms with Crippen LogP contribution in [-0.4, -0.2) is 19.6 Å². The molecule has 35 heavy (non-hydrogen) atoms. The Morgan fingerprint density at radius 2 is 1.49 bits per heavy atom. The van der Waals surface area contributed by atoms with Gasteiger partial charge in [0.05, 0.1) is 13.2 Å². The molecule has 0 atom stereocenters. The third-order valence-corrected chi connectivity index (χ3v) is 5.58. The SMILES string of the molecule is C=C(C)c1cc(-c2ccc(-c3ccc(C4OCC(C)CO4)cc3)cc2F)cc(F)c1OC(F)(F)F. The van der Waals surface area contributed by atoms with Crippen LogP contribution >= 0.6 is 0 Å². The molecule has 8 heteroatoms. The summed E-state index contributed by atoms with van der Waals surface area (Å²) < 4.78 is 83.0. The number of allylic oxidation sites excluding steroid dienone is 1. The van der Waals surface area contributed by atoms with Gasteiger partial charge in [0, 0.05) is 22.6 Å². The normalized spacial score (nSPS) is 18.4. The standard InChI is InChI=1S/C27H23F5O3/c1-15(2)22-10-20(12-24(29)25(22)35-27(30,31)32)21-9-8-19(11-23(21)28)17-4-6-18(7-5-17)26-33-13-16(3)14-34-26/h4-12,16,26H,1,13-14H2,2-3H3. The summed E-state index contributed by atoms with van der Waals surface area (Å²) >= 11 is 0. The van der Waals surface area contributed by atoms with Crippen LogP contribution in [0.3, 0.4) is 0 Å². The Morgan fingerprint density at radius 1 is 0.886 bits per heavy atom. The van der Waals surface area contributed by atoms with Gasteiger partial charge in [-0.25, -0.2) is 8.78 Å². The van der Waals surface area contributed by atoms with E-state index in [1.165, 1.54) is 25.1 Å². The summed E-state index contributed by atoms with van der Waals surface area (Å²) in [5.41, 5.74) is 2.21. The molecule has 0 unspecified atom stereocenters. The van der Waals surface area contributed by atoms with Crippen molar-refractivity contribution in [2.75, 3.05) is 13.2 Å². The molecule has 0 aromatic heterocycles. The summed E-state index contributed by atoms with van der Waals surface area (Å²) in [5.74, 6) is -2.58. The van der Waals surface area contributed by atoms with Gasteiger partial charge in [0.15, 0.2) is 17.9 Å². The molecule has 184 valence electrons. The number of benzene rings is 3. The van der Waals surface area contributed by atoms with E-state index in [1.54, 1.807) is 6.07 Å². The molecule has 1 heterocycles. The first-order valence-electron chi connectivity index (χ1n) is 10.9. The van der Waals surface area contributed by atoms with Gasteiger partial charge in [-0.05, 0) is 47.4 Å². The lowest BCUT2D eigenvalue weighted by Crippen LogP contribution is -2.24. The largest absolute Gasteiger partial charge is 0.573 e. The van der Waals surface area contributed by atoms with Gasteiger partial charge in [-0.1, -0.05) is 49.9 Å². The molecule has 0 bridgehead atoms. The number of alkyl halides is 3. The molecule has 0 saturated carbocycles. The average Bonchev–Trinajstić information content (AvgIpc) is 2.80. The molecule has 1 saturated heterocycles. The number of rotatable bonds is 5. The predicted molar refractivity (Wildman–Crippen MR) is 122 cm³/mol. The molecule has 0 spiro atoms. The summed E-state index contributed by atoms with van der Waals surface area (Å²) in [4.78, 5) is 0. The second-order valence-corrected chi connectivity index (χ2v) is 8.58. The first-order valence-corrected chi connectivity index (χ1v) is 10.9. The highest BCUT2D eigenvalue weighted by molar-refractivity contribution is 5.77. The zero-order chi connectivity index (χ0) is 25.3. The van der Waals surface area contributed by atoms with Gasteiger partial charge in [0.2, 0.25) is 0 Å². The molecule has 1 fully saturated rings. The van der Waals surface area contributed by atoms with Crippen molar-refractivity contribution in [3.8, 4) is 28.0 Å². The second kappa shape index (κ2) is 9.79. The van der Waals surface area contributed by atoms with Crippen molar-refractivity contribution in [2.45, 2.75) is 26.5 Å². The highest BCUT2D eigenvalue weighted by Gasteiger charge is 2.34. The van der Waals surface area contributed by atoms with Crippen LogP contribution < -0.4 is 4.74 Å². The topological polar surface area (TPSA) is 27.7 Å². The van der Waals surface area contributed by atoms with Gasteiger partial charge in [0.25, 0.3) is 0 Å². The van der Waals surface area contributed by atoms with Crippen LogP contribution in [0, 0.1) is 17.6 Å². The average molecular weight is 490 g/mol. The van der Waals surface area contributed by atoms with Crippen molar-refractivity contribution in [2.24, 2.45) is 5.92 Å². The third-order valence-electron chi connectivity index (χ3n) is 5.58. The van der Waals surface area contributed by atoms with E-state index < -0.39 is 30.0 Å². The fraction of sp³-hybridized carbons (Fsp3) is 0.259. The van der Waals surface area contributed by atoms with Gasteiger partial charge < -0.3 is 14.2 Å². The molecule has 3 aromatic carbocycles. The lowest BCUT2D eigenvalue weighted by atomic mass is 9.96. The number of halogens is 5. The minimum Gasteiger partial charge on any atom is -0.402 e. The molecule has 0 radical (unpaired) electrons. The van der Waals surface area contributed by atoms with Gasteiger partial charge in [-0.15, -0.1) is 13.2 Å². The molecular weight excluding hydrogens is 467 g/mol. The van der Waals surface area contributed by atoms with Crippen LogP contribution in [0.15, 0.2) is 61.2 Å². The van der Waals surface area contributed by atoms with Crippen molar-refractivity contribution in [1.29, 1.82) is 0 Å². The zero-order valence-corrected chi connectivity index (χ0v) is 19.1. The molecule has 1 aliphatic heterocycles. The first kappa shape index (κ1) is 24.9. The predicted octanol–water partition coefficient (Wildman–Crippen LogP) is 7.91. The van der Waals surface area contributed by atoms with Crippen LogP contribution in [0.25, 0.3) is 27.8 Å². The molecule has 3 nitrogen and oxygen atoms in total. The summed E-state index contributed by atoms with van der Waals surface area (Å²) in [6.45, 7) is 8.25. The summed E-state index contributed by atoms with van der Waals surface area (Å²) in [7, 11) is 0. The maximum Gasteiger partial charge on any atom is 0.573 e. The van der Waals surface area contributed by atoms with E-state index in [4.69, 9.17) is 9.47 Å². The van der Waals surface area contributed by atoms with Crippen LogP contribution in [0.5, 0.6) is 5.75 Å². The van der Waals surface area contributed by atoms with Gasteiger partial charge >= 0.3 is 6.36 Å². The van der Waals surface area contributed by atoms with Gasteiger partial charge in [0.1, 0.15) is 5.82 Å². The Kier molecular flexibility index (Phi) is 6.96. The first-order chi connectivity index (χ1) is 16.5. The van der Waals surface area contributed by atoms with E-state index in [9.17, 15) is 17.6 Å². The highest BCUT2D eigenvalue weighted by atomic mass is 19.4. The maximum absolute atomic E-state index is 15.1. The van der Waals surface area contributed by atoms with Crippen molar-refractivity contribution >= 4 is 5.57 Å². The minimum atomic E-state index is -5.08. The van der Waals surface area contributed by atoms with Crippen LogP contribution in [-0.2, 0) is 9.47 Å². The van der Waals surface area contributed by atoms with Crippen LogP contribution in [0.4, 0.5) is 22.0 Å². The van der Waals surface area contributed by atoms with Crippen LogP contribution in [0.1, 0.15) is 31.3 Å². The summed E-state index contributed by atoms with van der Waals surface area (Å²) in [5, 5.41) is 0. The zero-order valence-electron chi connectivity index (χ0n) is 19.1. The van der Waals surface area contributed by atoms with E-state index in [1.807, 2.05) is 31.2 Å². The number of hydrogen-bond acceptors (Lipinski definition) is 3. The van der Waals surface area contributed by atoms with Gasteiger partial charge in [-0.2, -0.15) is 0 Å². The van der Waals surface area contributed by atoms with E-state index >= 15 is 4.39 Å². The third kappa shape index (κ3) is 5.71. The Hall–Kier alpha value is -3.23. The molecule has 0 N–H and O–H groups in total. The Morgan fingerprint density at radius 3 is 2.06 bits per heavy atom. The number of ether oxygens (including phenoxy) is 3. The monoisotopic (exact) mass is 490 g/mol. The molecular formula is C27H23F5O3. The van der Waals surface area contributed by atoms with Crippen molar-refractivity contribution in [3.05, 3.63) is 83.9 Å². The fourth-order valence-corrected chi connectivity index (χ4v) is 3.84. The molecule has 3 aromatic rings. The van der Waals surface area contributed by atoms with E-state index in [2.05, 4.69) is 11.3 Å². The minimum absolute atomic E-state index is 0.0310. The maximum atomic E-state index is 15.1. The molecule has 0 aliphatic carbocycles. The Labute approximate surface area is 199 Å². The fourth-order valence-electron chi connectivity index (χ4n) is 3.84. The van der Waals surface area contributed by atoms with E-state index in [0.717, 1.165) is 17.2 Å². The van der Waals surface area contributed by atoms with Crippen LogP contribution in [0.2, 0.25) is 0 Å². The van der Waals surface area contributed by atoms with E-state index in [0.29, 0.717) is 24.7 Å². The van der Waals surface area contributed by atoms with Gasteiger partial charge in [-0.3, -0.25) is 0 Å². The Balaban J connectivity index is 1.61. The van der Waals surface area contributed by atoms with Crippen molar-refractivity contribution < 1.29 is 36.2 Å². The van der Waals surface area contributed by atoms with E-state index in [-0.39, 0.29) is 22.3 Å². The lowest BCUT2D eigenvalue weighted by Gasteiger charge is -2.27. The lowest BCUT2D eigenvalue weighted by molar-refractivity contribution is -0.275. The van der Waals surface area contributed by atoms with Crippen molar-refractivity contribution in [3.63, 3.8) is 0 Å². The summed E-state index contributed by atoms with van der Waals surface area (Å²) in [6, 6.07) is 13.8.